The minimum Gasteiger partial charge on any atom is -0.344 e. The molecule has 2 heterocycles. The summed E-state index contributed by atoms with van der Waals surface area (Å²) in [4.78, 5) is 29.0. The Bertz CT molecular complexity index is 1000. The van der Waals surface area contributed by atoms with Gasteiger partial charge in [0.25, 0.3) is 21.8 Å². The highest BCUT2D eigenvalue weighted by molar-refractivity contribution is 7.90. The first-order valence-corrected chi connectivity index (χ1v) is 9.78. The molecule has 1 aromatic heterocycles. The van der Waals surface area contributed by atoms with Crippen LogP contribution in [0.15, 0.2) is 47.5 Å². The first kappa shape index (κ1) is 16.7. The number of rotatable bonds is 4. The van der Waals surface area contributed by atoms with Crippen LogP contribution in [0.25, 0.3) is 0 Å². The van der Waals surface area contributed by atoms with Gasteiger partial charge in [-0.3, -0.25) is 14.6 Å². The molecule has 2 aliphatic rings. The first-order valence-electron chi connectivity index (χ1n) is 8.34. The van der Waals surface area contributed by atoms with Crippen molar-refractivity contribution in [2.24, 2.45) is 0 Å². The maximum Gasteiger partial charge on any atom is 0.269 e. The van der Waals surface area contributed by atoms with Gasteiger partial charge in [-0.1, -0.05) is 6.07 Å². The van der Waals surface area contributed by atoms with Crippen LogP contribution in [0.1, 0.15) is 52.2 Å². The van der Waals surface area contributed by atoms with E-state index in [-0.39, 0.29) is 28.1 Å². The van der Waals surface area contributed by atoms with Crippen molar-refractivity contribution in [3.05, 3.63) is 59.4 Å². The summed E-state index contributed by atoms with van der Waals surface area (Å²) in [5.74, 6) is -0.921. The van der Waals surface area contributed by atoms with Crippen LogP contribution in [-0.2, 0) is 10.0 Å². The lowest BCUT2D eigenvalue weighted by Gasteiger charge is -2.14. The zero-order chi connectivity index (χ0) is 18.5. The first-order chi connectivity index (χ1) is 12.4. The fourth-order valence-electron chi connectivity index (χ4n) is 3.04. The number of pyridine rings is 1. The summed E-state index contributed by atoms with van der Waals surface area (Å²) in [6.45, 7) is 1.79. The van der Waals surface area contributed by atoms with Gasteiger partial charge in [-0.05, 0) is 50.1 Å². The highest BCUT2D eigenvalue weighted by Crippen LogP contribution is 2.39. The highest BCUT2D eigenvalue weighted by atomic mass is 32.2. The van der Waals surface area contributed by atoms with Gasteiger partial charge in [-0.25, -0.2) is 12.7 Å². The Morgan fingerprint density at radius 2 is 2.04 bits per heavy atom. The van der Waals surface area contributed by atoms with Crippen molar-refractivity contribution >= 4 is 21.8 Å². The molecule has 7 nitrogen and oxygen atoms in total. The summed E-state index contributed by atoms with van der Waals surface area (Å²) in [6.07, 6.45) is 3.01. The second kappa shape index (κ2) is 5.91. The van der Waals surface area contributed by atoms with Crippen LogP contribution in [0.3, 0.4) is 0 Å². The molecule has 4 rings (SSSR count). The van der Waals surface area contributed by atoms with Gasteiger partial charge >= 0.3 is 0 Å². The number of amides is 2. The fraction of sp³-hybridized carbons (Fsp3) is 0.278. The summed E-state index contributed by atoms with van der Waals surface area (Å²) < 4.78 is 26.3. The highest BCUT2D eigenvalue weighted by Gasteiger charge is 2.48. The molecular weight excluding hydrogens is 354 g/mol. The second-order valence-corrected chi connectivity index (χ2v) is 8.28. The third-order valence-electron chi connectivity index (χ3n) is 4.57. The predicted octanol–water partition coefficient (Wildman–Crippen LogP) is 1.88. The number of hydrogen-bond donors (Lipinski definition) is 1. The molecule has 0 unspecified atom stereocenters. The molecule has 0 bridgehead atoms. The van der Waals surface area contributed by atoms with Crippen molar-refractivity contribution in [1.29, 1.82) is 0 Å². The van der Waals surface area contributed by atoms with E-state index < -0.39 is 21.8 Å². The Hall–Kier alpha value is -2.74. The van der Waals surface area contributed by atoms with E-state index in [1.807, 2.05) is 6.07 Å². The number of fused-ring (bicyclic) bond motifs is 1. The standard InChI is InChI=1S/C18H17N3O4S/c1-11(15-4-2-3-9-19-15)20-17(22)12-5-8-14-16(10-12)26(24,25)21(18(14)23)13-6-7-13/h2-5,8-11,13H,6-7H2,1H3,(H,20,22)/t11-/m1/s1. The van der Waals surface area contributed by atoms with E-state index in [0.717, 1.165) is 4.31 Å². The fourth-order valence-corrected chi connectivity index (χ4v) is 4.89. The third-order valence-corrected chi connectivity index (χ3v) is 6.44. The Morgan fingerprint density at radius 3 is 2.69 bits per heavy atom. The number of aromatic nitrogens is 1. The third kappa shape index (κ3) is 2.66. The lowest BCUT2D eigenvalue weighted by Crippen LogP contribution is -2.32. The molecule has 1 aromatic carbocycles. The molecule has 26 heavy (non-hydrogen) atoms. The van der Waals surface area contributed by atoms with Gasteiger partial charge in [0, 0.05) is 17.8 Å². The molecule has 134 valence electrons. The van der Waals surface area contributed by atoms with Gasteiger partial charge in [-0.15, -0.1) is 0 Å². The molecule has 1 atom stereocenters. The maximum atomic E-state index is 12.7. The van der Waals surface area contributed by atoms with Gasteiger partial charge in [0.15, 0.2) is 0 Å². The van der Waals surface area contributed by atoms with Gasteiger partial charge in [-0.2, -0.15) is 0 Å². The van der Waals surface area contributed by atoms with Crippen molar-refractivity contribution in [1.82, 2.24) is 14.6 Å². The molecule has 1 fully saturated rings. The maximum absolute atomic E-state index is 12.7. The van der Waals surface area contributed by atoms with Crippen LogP contribution in [0.4, 0.5) is 0 Å². The van der Waals surface area contributed by atoms with E-state index in [9.17, 15) is 18.0 Å². The smallest absolute Gasteiger partial charge is 0.269 e. The van der Waals surface area contributed by atoms with Gasteiger partial charge in [0.2, 0.25) is 0 Å². The average molecular weight is 371 g/mol. The average Bonchev–Trinajstić information content (AvgIpc) is 3.43. The summed E-state index contributed by atoms with van der Waals surface area (Å²) in [6, 6.07) is 8.99. The van der Waals surface area contributed by atoms with E-state index in [2.05, 4.69) is 10.3 Å². The summed E-state index contributed by atoms with van der Waals surface area (Å²) in [5.41, 5.74) is 1.02. The Morgan fingerprint density at radius 1 is 1.27 bits per heavy atom. The molecule has 0 saturated heterocycles. The van der Waals surface area contributed by atoms with Gasteiger partial charge < -0.3 is 5.32 Å². The molecule has 2 amide bonds. The Balaban J connectivity index is 1.61. The quantitative estimate of drug-likeness (QED) is 0.885. The molecule has 2 aromatic rings. The van der Waals surface area contributed by atoms with Crippen LogP contribution in [0.5, 0.6) is 0 Å². The number of nitrogens with one attached hydrogen (secondary N) is 1. The zero-order valence-electron chi connectivity index (χ0n) is 14.0. The van der Waals surface area contributed by atoms with Gasteiger partial charge in [0.05, 0.1) is 17.3 Å². The van der Waals surface area contributed by atoms with Crippen LogP contribution >= 0.6 is 0 Å². The topological polar surface area (TPSA) is 96.4 Å². The number of benzene rings is 1. The SMILES string of the molecule is C[C@@H](NC(=O)c1ccc2c(c1)S(=O)(=O)N(C1CC1)C2=O)c1ccccn1. The van der Waals surface area contributed by atoms with Crippen LogP contribution in [0, 0.1) is 0 Å². The molecule has 8 heteroatoms. The number of sulfonamides is 1. The van der Waals surface area contributed by atoms with Crippen molar-refractivity contribution in [3.8, 4) is 0 Å². The van der Waals surface area contributed by atoms with Crippen molar-refractivity contribution < 1.29 is 18.0 Å². The summed E-state index contributed by atoms with van der Waals surface area (Å²) in [5, 5.41) is 2.79. The molecular formula is C18H17N3O4S. The molecule has 0 spiro atoms. The summed E-state index contributed by atoms with van der Waals surface area (Å²) in [7, 11) is -3.88. The normalized spacial score (nSPS) is 19.1. The molecule has 1 saturated carbocycles. The van der Waals surface area contributed by atoms with E-state index in [1.165, 1.54) is 18.2 Å². The molecule has 0 radical (unpaired) electrons. The minimum absolute atomic E-state index is 0.0902. The molecule has 1 aliphatic carbocycles. The van der Waals surface area contributed by atoms with Crippen molar-refractivity contribution in [3.63, 3.8) is 0 Å². The molecule has 1 aliphatic heterocycles. The number of carbonyl (C=O) groups is 2. The number of nitrogens with zero attached hydrogens (tertiary/aromatic N) is 2. The number of carbonyl (C=O) groups excluding carboxylic acids is 2. The predicted molar refractivity (Wildman–Crippen MR) is 92.9 cm³/mol. The zero-order valence-corrected chi connectivity index (χ0v) is 14.9. The van der Waals surface area contributed by atoms with Crippen LogP contribution in [-0.4, -0.2) is 35.6 Å². The Labute approximate surface area is 151 Å². The van der Waals surface area contributed by atoms with Crippen molar-refractivity contribution in [2.75, 3.05) is 0 Å². The second-order valence-electron chi connectivity index (χ2n) is 6.50. The largest absolute Gasteiger partial charge is 0.344 e. The van der Waals surface area contributed by atoms with Crippen LogP contribution in [0.2, 0.25) is 0 Å². The monoisotopic (exact) mass is 371 g/mol. The minimum atomic E-state index is -3.88. The van der Waals surface area contributed by atoms with E-state index in [1.54, 1.807) is 25.3 Å². The van der Waals surface area contributed by atoms with Crippen molar-refractivity contribution in [2.45, 2.75) is 36.7 Å². The van der Waals surface area contributed by atoms with E-state index >= 15 is 0 Å². The van der Waals surface area contributed by atoms with Crippen LogP contribution < -0.4 is 5.32 Å². The van der Waals surface area contributed by atoms with E-state index in [4.69, 9.17) is 0 Å². The van der Waals surface area contributed by atoms with E-state index in [0.29, 0.717) is 18.5 Å². The molecule has 1 N–H and O–H groups in total. The lowest BCUT2D eigenvalue weighted by atomic mass is 10.1. The Kier molecular flexibility index (Phi) is 3.80. The lowest BCUT2D eigenvalue weighted by molar-refractivity contribution is 0.0863. The van der Waals surface area contributed by atoms with Gasteiger partial charge in [0.1, 0.15) is 4.90 Å². The number of hydrogen-bond acceptors (Lipinski definition) is 5. The summed E-state index contributed by atoms with van der Waals surface area (Å²) >= 11 is 0.